The molecule has 0 amide bonds. The van der Waals surface area contributed by atoms with Crippen molar-refractivity contribution in [2.75, 3.05) is 26.2 Å². The van der Waals surface area contributed by atoms with E-state index in [1.165, 1.54) is 31.2 Å². The molecule has 2 aliphatic rings. The fourth-order valence-electron chi connectivity index (χ4n) is 3.72. The zero-order valence-electron chi connectivity index (χ0n) is 11.5. The number of nitrogens with zero attached hydrogens (tertiary/aromatic N) is 1. The van der Waals surface area contributed by atoms with Crippen LogP contribution in [0, 0.1) is 5.92 Å². The lowest BCUT2D eigenvalue weighted by atomic mass is 9.89. The topological polar surface area (TPSA) is 35.5 Å². The lowest BCUT2D eigenvalue weighted by molar-refractivity contribution is 0.125. The summed E-state index contributed by atoms with van der Waals surface area (Å²) in [6, 6.07) is 8.40. The molecular formula is C16H24N2O. The number of benzene rings is 1. The predicted molar refractivity (Wildman–Crippen MR) is 77.2 cm³/mol. The third-order valence-corrected chi connectivity index (χ3v) is 4.60. The number of hydrogen-bond donors (Lipinski definition) is 2. The van der Waals surface area contributed by atoms with Gasteiger partial charge in [0, 0.05) is 32.2 Å². The zero-order valence-corrected chi connectivity index (χ0v) is 11.5. The Morgan fingerprint density at radius 3 is 2.58 bits per heavy atom. The molecule has 0 aromatic heterocycles. The Morgan fingerprint density at radius 1 is 1.16 bits per heavy atom. The van der Waals surface area contributed by atoms with Crippen LogP contribution in [0.2, 0.25) is 0 Å². The Hall–Kier alpha value is -1.06. The molecule has 1 heterocycles. The van der Waals surface area contributed by atoms with Gasteiger partial charge in [-0.2, -0.15) is 0 Å². The van der Waals surface area contributed by atoms with Crippen molar-refractivity contribution in [2.24, 2.45) is 5.92 Å². The predicted octanol–water partition coefficient (Wildman–Crippen LogP) is 2.53. The largest absolute Gasteiger partial charge is 0.508 e. The van der Waals surface area contributed by atoms with Gasteiger partial charge in [-0.15, -0.1) is 0 Å². The Bertz CT molecular complexity index is 409. The molecule has 3 rings (SSSR count). The minimum atomic E-state index is 0.399. The average Bonchev–Trinajstić information content (AvgIpc) is 2.94. The van der Waals surface area contributed by atoms with Crippen LogP contribution < -0.4 is 5.32 Å². The minimum absolute atomic E-state index is 0.399. The molecule has 3 nitrogen and oxygen atoms in total. The van der Waals surface area contributed by atoms with E-state index in [0.29, 0.717) is 11.8 Å². The van der Waals surface area contributed by atoms with Crippen molar-refractivity contribution in [1.82, 2.24) is 10.2 Å². The molecule has 1 saturated carbocycles. The molecule has 1 aromatic rings. The van der Waals surface area contributed by atoms with Gasteiger partial charge in [-0.25, -0.2) is 0 Å². The Balaban J connectivity index is 1.86. The second-order valence-corrected chi connectivity index (χ2v) is 5.87. The van der Waals surface area contributed by atoms with Gasteiger partial charge in [-0.1, -0.05) is 25.0 Å². The first-order chi connectivity index (χ1) is 9.34. The summed E-state index contributed by atoms with van der Waals surface area (Å²) in [5.41, 5.74) is 1.30. The first-order valence-corrected chi connectivity index (χ1v) is 7.58. The summed E-state index contributed by atoms with van der Waals surface area (Å²) in [5.74, 6) is 1.16. The molecule has 0 bridgehead atoms. The number of aromatic hydroxyl groups is 1. The smallest absolute Gasteiger partial charge is 0.115 e. The third-order valence-electron chi connectivity index (χ3n) is 4.60. The molecule has 1 saturated heterocycles. The average molecular weight is 260 g/mol. The lowest BCUT2D eigenvalue weighted by Crippen LogP contribution is -2.46. The molecular weight excluding hydrogens is 236 g/mol. The van der Waals surface area contributed by atoms with Gasteiger partial charge in [0.05, 0.1) is 0 Å². The van der Waals surface area contributed by atoms with Crippen LogP contribution in [0.5, 0.6) is 5.75 Å². The summed E-state index contributed by atoms with van der Waals surface area (Å²) in [6.45, 7) is 4.41. The summed E-state index contributed by atoms with van der Waals surface area (Å²) in [5, 5.41) is 13.2. The van der Waals surface area contributed by atoms with Gasteiger partial charge in [0.2, 0.25) is 0 Å². The van der Waals surface area contributed by atoms with Crippen LogP contribution in [-0.2, 0) is 0 Å². The molecule has 3 heteroatoms. The van der Waals surface area contributed by atoms with Crippen molar-refractivity contribution in [2.45, 2.75) is 31.7 Å². The summed E-state index contributed by atoms with van der Waals surface area (Å²) in [6.07, 6.45) is 5.41. The van der Waals surface area contributed by atoms with Gasteiger partial charge < -0.3 is 10.4 Å². The first kappa shape index (κ1) is 12.9. The Kier molecular flexibility index (Phi) is 4.04. The van der Waals surface area contributed by atoms with Crippen LogP contribution in [0.25, 0.3) is 0 Å². The van der Waals surface area contributed by atoms with Crippen molar-refractivity contribution in [3.05, 3.63) is 29.8 Å². The third kappa shape index (κ3) is 2.93. The number of phenolic OH excluding ortho intramolecular Hbond substituents is 1. The van der Waals surface area contributed by atoms with E-state index >= 15 is 0 Å². The summed E-state index contributed by atoms with van der Waals surface area (Å²) in [4.78, 5) is 2.61. The lowest BCUT2D eigenvalue weighted by Gasteiger charge is -2.38. The molecule has 1 aliphatic heterocycles. The van der Waals surface area contributed by atoms with Gasteiger partial charge >= 0.3 is 0 Å². The highest BCUT2D eigenvalue weighted by Gasteiger charge is 2.31. The van der Waals surface area contributed by atoms with Crippen molar-refractivity contribution in [3.8, 4) is 5.75 Å². The quantitative estimate of drug-likeness (QED) is 0.876. The maximum atomic E-state index is 9.77. The highest BCUT2D eigenvalue weighted by molar-refractivity contribution is 5.30. The van der Waals surface area contributed by atoms with E-state index in [-0.39, 0.29) is 0 Å². The van der Waals surface area contributed by atoms with E-state index in [1.807, 2.05) is 12.1 Å². The van der Waals surface area contributed by atoms with Crippen molar-refractivity contribution >= 4 is 0 Å². The maximum absolute atomic E-state index is 9.77. The molecule has 1 aromatic carbocycles. The highest BCUT2D eigenvalue weighted by Crippen LogP contribution is 2.40. The minimum Gasteiger partial charge on any atom is -0.508 e. The number of phenols is 1. The molecule has 0 unspecified atom stereocenters. The second-order valence-electron chi connectivity index (χ2n) is 5.87. The van der Waals surface area contributed by atoms with Gasteiger partial charge in [0.15, 0.2) is 0 Å². The standard InChI is InChI=1S/C16H24N2O/c19-15-7-3-6-14(12-15)16(13-4-1-2-5-13)18-10-8-17-9-11-18/h3,6-7,12-13,16-17,19H,1-2,4-5,8-11H2/t16-/m0/s1. The van der Waals surface area contributed by atoms with Gasteiger partial charge in [0.25, 0.3) is 0 Å². The van der Waals surface area contributed by atoms with Gasteiger partial charge in [-0.3, -0.25) is 4.90 Å². The Labute approximate surface area is 115 Å². The molecule has 1 aliphatic carbocycles. The number of rotatable bonds is 3. The SMILES string of the molecule is Oc1cccc([C@H](C2CCCC2)N2CCNCC2)c1. The zero-order chi connectivity index (χ0) is 13.1. The summed E-state index contributed by atoms with van der Waals surface area (Å²) >= 11 is 0. The van der Waals surface area contributed by atoms with E-state index in [0.717, 1.165) is 32.1 Å². The summed E-state index contributed by atoms with van der Waals surface area (Å²) < 4.78 is 0. The fraction of sp³-hybridized carbons (Fsp3) is 0.625. The van der Waals surface area contributed by atoms with Crippen LogP contribution in [0.4, 0.5) is 0 Å². The van der Waals surface area contributed by atoms with Crippen LogP contribution in [0.15, 0.2) is 24.3 Å². The van der Waals surface area contributed by atoms with Gasteiger partial charge in [-0.05, 0) is 36.5 Å². The van der Waals surface area contributed by atoms with Gasteiger partial charge in [0.1, 0.15) is 5.75 Å². The fourth-order valence-corrected chi connectivity index (χ4v) is 3.72. The molecule has 1 atom stereocenters. The van der Waals surface area contributed by atoms with Crippen molar-refractivity contribution < 1.29 is 5.11 Å². The second kappa shape index (κ2) is 5.93. The summed E-state index contributed by atoms with van der Waals surface area (Å²) in [7, 11) is 0. The molecule has 104 valence electrons. The molecule has 2 N–H and O–H groups in total. The van der Waals surface area contributed by atoms with E-state index < -0.39 is 0 Å². The number of hydrogen-bond acceptors (Lipinski definition) is 3. The van der Waals surface area contributed by atoms with Crippen LogP contribution >= 0.6 is 0 Å². The molecule has 0 radical (unpaired) electrons. The molecule has 19 heavy (non-hydrogen) atoms. The van der Waals surface area contributed by atoms with Crippen molar-refractivity contribution in [3.63, 3.8) is 0 Å². The van der Waals surface area contributed by atoms with Crippen LogP contribution in [0.1, 0.15) is 37.3 Å². The first-order valence-electron chi connectivity index (χ1n) is 7.58. The number of nitrogens with one attached hydrogen (secondary N) is 1. The highest BCUT2D eigenvalue weighted by atomic mass is 16.3. The molecule has 0 spiro atoms. The molecule has 2 fully saturated rings. The van der Waals surface area contributed by atoms with Crippen LogP contribution in [0.3, 0.4) is 0 Å². The van der Waals surface area contributed by atoms with E-state index in [1.54, 1.807) is 6.07 Å². The Morgan fingerprint density at radius 2 is 1.89 bits per heavy atom. The maximum Gasteiger partial charge on any atom is 0.115 e. The van der Waals surface area contributed by atoms with E-state index in [2.05, 4.69) is 16.3 Å². The monoisotopic (exact) mass is 260 g/mol. The number of piperazine rings is 1. The van der Waals surface area contributed by atoms with E-state index in [4.69, 9.17) is 0 Å². The normalized spacial score (nSPS) is 23.6. The van der Waals surface area contributed by atoms with Crippen LogP contribution in [-0.4, -0.2) is 36.2 Å². The van der Waals surface area contributed by atoms with E-state index in [9.17, 15) is 5.11 Å². The van der Waals surface area contributed by atoms with Crippen molar-refractivity contribution in [1.29, 1.82) is 0 Å².